The van der Waals surface area contributed by atoms with E-state index in [-0.39, 0.29) is 0 Å². The van der Waals surface area contributed by atoms with Crippen molar-refractivity contribution in [3.05, 3.63) is 0 Å². The van der Waals surface area contributed by atoms with Gasteiger partial charge in [0.2, 0.25) is 0 Å². The van der Waals surface area contributed by atoms with Gasteiger partial charge in [-0.3, -0.25) is 14.4 Å². The number of esters is 3. The van der Waals surface area contributed by atoms with Gasteiger partial charge in [0.05, 0.1) is 0 Å². The number of rotatable bonds is 7. The number of methoxy groups -OCH3 is 1. The van der Waals surface area contributed by atoms with E-state index in [2.05, 4.69) is 0 Å². The third-order valence-electron chi connectivity index (χ3n) is 3.57. The molecular weight excluding hydrogens is 320 g/mol. The molecule has 0 aromatic heterocycles. The van der Waals surface area contributed by atoms with Crippen molar-refractivity contribution in [2.45, 2.75) is 77.7 Å². The Morgan fingerprint density at radius 1 is 0.875 bits per heavy atom. The average Bonchev–Trinajstić information content (AvgIpc) is 2.48. The van der Waals surface area contributed by atoms with E-state index in [0.717, 1.165) is 12.8 Å². The highest BCUT2D eigenvalue weighted by atomic mass is 16.7. The van der Waals surface area contributed by atoms with Gasteiger partial charge >= 0.3 is 17.9 Å². The standard InChI is InChI=1S/C16H26O8/c1-6-7-8-12-13(21-9(2)17)14(22-10(3)18)15(23-11(4)19)16(20-5)24-12/h12-16H,6-8H2,1-5H3/t12-,13+,14+,15+,16+/m0/s1. The Bertz CT molecular complexity index is 449. The van der Waals surface area contributed by atoms with Crippen LogP contribution in [0.2, 0.25) is 0 Å². The summed E-state index contributed by atoms with van der Waals surface area (Å²) in [4.78, 5) is 34.4. The SMILES string of the molecule is CCCC[C@@H]1O[C@@H](OC)[C@H](OC(C)=O)[C@H](OC(C)=O)[C@@H]1OC(C)=O. The van der Waals surface area contributed by atoms with Crippen molar-refractivity contribution >= 4 is 17.9 Å². The third kappa shape index (κ3) is 5.76. The molecule has 0 aliphatic carbocycles. The lowest BCUT2D eigenvalue weighted by molar-refractivity contribution is -0.299. The average molecular weight is 346 g/mol. The van der Waals surface area contributed by atoms with Crippen molar-refractivity contribution in [3.63, 3.8) is 0 Å². The van der Waals surface area contributed by atoms with Crippen molar-refractivity contribution in [2.75, 3.05) is 7.11 Å². The van der Waals surface area contributed by atoms with E-state index in [1.807, 2.05) is 6.92 Å². The van der Waals surface area contributed by atoms with Gasteiger partial charge in [-0.05, 0) is 6.42 Å². The lowest BCUT2D eigenvalue weighted by Gasteiger charge is -2.44. The quantitative estimate of drug-likeness (QED) is 0.503. The molecule has 1 rings (SSSR count). The van der Waals surface area contributed by atoms with Gasteiger partial charge in [-0.2, -0.15) is 0 Å². The summed E-state index contributed by atoms with van der Waals surface area (Å²) in [5.74, 6) is -1.71. The molecule has 1 aliphatic heterocycles. The summed E-state index contributed by atoms with van der Waals surface area (Å²) >= 11 is 0. The van der Waals surface area contributed by atoms with E-state index in [4.69, 9.17) is 23.7 Å². The number of carbonyl (C=O) groups is 3. The molecular formula is C16H26O8. The molecule has 1 saturated heterocycles. The molecule has 1 aliphatic rings. The van der Waals surface area contributed by atoms with E-state index < -0.39 is 48.6 Å². The van der Waals surface area contributed by atoms with E-state index in [0.29, 0.717) is 6.42 Å². The Morgan fingerprint density at radius 2 is 1.38 bits per heavy atom. The summed E-state index contributed by atoms with van der Waals surface area (Å²) in [5, 5.41) is 0. The Kier molecular flexibility index (Phi) is 8.14. The molecule has 0 saturated carbocycles. The third-order valence-corrected chi connectivity index (χ3v) is 3.57. The molecule has 0 amide bonds. The summed E-state index contributed by atoms with van der Waals surface area (Å²) in [5.41, 5.74) is 0. The highest BCUT2D eigenvalue weighted by molar-refractivity contribution is 5.68. The maximum absolute atomic E-state index is 11.5. The fourth-order valence-electron chi connectivity index (χ4n) is 2.68. The first-order valence-corrected chi connectivity index (χ1v) is 8.00. The molecule has 1 heterocycles. The second-order valence-corrected chi connectivity index (χ2v) is 5.64. The minimum atomic E-state index is -1.03. The monoisotopic (exact) mass is 346 g/mol. The minimum absolute atomic E-state index is 0.532. The van der Waals surface area contributed by atoms with Gasteiger partial charge in [-0.1, -0.05) is 19.8 Å². The summed E-state index contributed by atoms with van der Waals surface area (Å²) in [7, 11) is 1.40. The molecule has 0 aromatic carbocycles. The molecule has 24 heavy (non-hydrogen) atoms. The van der Waals surface area contributed by atoms with Crippen LogP contribution in [0.1, 0.15) is 47.0 Å². The van der Waals surface area contributed by atoms with Crippen LogP contribution in [0, 0.1) is 0 Å². The predicted molar refractivity (Wildman–Crippen MR) is 81.9 cm³/mol. The van der Waals surface area contributed by atoms with Crippen LogP contribution in [0.3, 0.4) is 0 Å². The zero-order valence-corrected chi connectivity index (χ0v) is 14.8. The molecule has 0 spiro atoms. The van der Waals surface area contributed by atoms with Crippen LogP contribution in [-0.4, -0.2) is 55.7 Å². The first-order valence-electron chi connectivity index (χ1n) is 8.00. The van der Waals surface area contributed by atoms with Crippen LogP contribution in [0.4, 0.5) is 0 Å². The predicted octanol–water partition coefficient (Wildman–Crippen LogP) is 1.34. The number of hydrogen-bond donors (Lipinski definition) is 0. The first-order chi connectivity index (χ1) is 11.3. The normalized spacial score (nSPS) is 29.6. The van der Waals surface area contributed by atoms with Crippen LogP contribution >= 0.6 is 0 Å². The smallest absolute Gasteiger partial charge is 0.303 e. The van der Waals surface area contributed by atoms with Gasteiger partial charge in [0.15, 0.2) is 24.6 Å². The fourth-order valence-corrected chi connectivity index (χ4v) is 2.68. The molecule has 0 unspecified atom stereocenters. The first kappa shape index (κ1) is 20.4. The second-order valence-electron chi connectivity index (χ2n) is 5.64. The Morgan fingerprint density at radius 3 is 1.83 bits per heavy atom. The van der Waals surface area contributed by atoms with Gasteiger partial charge in [0.1, 0.15) is 6.10 Å². The Balaban J connectivity index is 3.15. The Hall–Kier alpha value is -1.67. The van der Waals surface area contributed by atoms with E-state index in [9.17, 15) is 14.4 Å². The summed E-state index contributed by atoms with van der Waals surface area (Å²) in [6, 6.07) is 0. The van der Waals surface area contributed by atoms with Crippen LogP contribution in [-0.2, 0) is 38.1 Å². The van der Waals surface area contributed by atoms with Crippen molar-refractivity contribution < 1.29 is 38.1 Å². The Labute approximate surface area is 141 Å². The summed E-state index contributed by atoms with van der Waals surface area (Å²) < 4.78 is 26.9. The second kappa shape index (κ2) is 9.58. The maximum Gasteiger partial charge on any atom is 0.303 e. The molecule has 8 heteroatoms. The minimum Gasteiger partial charge on any atom is -0.456 e. The van der Waals surface area contributed by atoms with Crippen molar-refractivity contribution in [2.24, 2.45) is 0 Å². The molecule has 5 atom stereocenters. The van der Waals surface area contributed by atoms with Crippen LogP contribution in [0.25, 0.3) is 0 Å². The lowest BCUT2D eigenvalue weighted by atomic mass is 9.94. The highest BCUT2D eigenvalue weighted by Gasteiger charge is 2.51. The van der Waals surface area contributed by atoms with Crippen molar-refractivity contribution in [1.29, 1.82) is 0 Å². The number of hydrogen-bond acceptors (Lipinski definition) is 8. The molecule has 0 radical (unpaired) electrons. The molecule has 8 nitrogen and oxygen atoms in total. The van der Waals surface area contributed by atoms with E-state index in [1.165, 1.54) is 27.9 Å². The maximum atomic E-state index is 11.5. The van der Waals surface area contributed by atoms with Crippen LogP contribution in [0.5, 0.6) is 0 Å². The summed E-state index contributed by atoms with van der Waals surface area (Å²) in [6.07, 6.45) is -2.05. The molecule has 0 aromatic rings. The lowest BCUT2D eigenvalue weighted by Crippen LogP contribution is -2.61. The van der Waals surface area contributed by atoms with E-state index >= 15 is 0 Å². The van der Waals surface area contributed by atoms with Gasteiger partial charge < -0.3 is 23.7 Å². The molecule has 138 valence electrons. The fraction of sp³-hybridized carbons (Fsp3) is 0.812. The van der Waals surface area contributed by atoms with Crippen LogP contribution in [0.15, 0.2) is 0 Å². The number of carbonyl (C=O) groups excluding carboxylic acids is 3. The van der Waals surface area contributed by atoms with Crippen molar-refractivity contribution in [1.82, 2.24) is 0 Å². The summed E-state index contributed by atoms with van der Waals surface area (Å²) in [6.45, 7) is 5.73. The van der Waals surface area contributed by atoms with E-state index in [1.54, 1.807) is 0 Å². The topological polar surface area (TPSA) is 97.4 Å². The largest absolute Gasteiger partial charge is 0.456 e. The van der Waals surface area contributed by atoms with Gasteiger partial charge in [-0.25, -0.2) is 0 Å². The van der Waals surface area contributed by atoms with Gasteiger partial charge in [0, 0.05) is 27.9 Å². The van der Waals surface area contributed by atoms with Crippen molar-refractivity contribution in [3.8, 4) is 0 Å². The zero-order chi connectivity index (χ0) is 18.3. The number of unbranched alkanes of at least 4 members (excludes halogenated alkanes) is 1. The molecule has 0 N–H and O–H groups in total. The highest BCUT2D eigenvalue weighted by Crippen LogP contribution is 2.31. The van der Waals surface area contributed by atoms with Gasteiger partial charge in [0.25, 0.3) is 0 Å². The molecule has 1 fully saturated rings. The zero-order valence-electron chi connectivity index (χ0n) is 14.8. The van der Waals surface area contributed by atoms with Crippen LogP contribution < -0.4 is 0 Å². The van der Waals surface area contributed by atoms with Gasteiger partial charge in [-0.15, -0.1) is 0 Å². The molecule has 0 bridgehead atoms. The number of ether oxygens (including phenoxy) is 5.